The Morgan fingerprint density at radius 2 is 1.92 bits per heavy atom. The summed E-state index contributed by atoms with van der Waals surface area (Å²) in [6.07, 6.45) is 10.4. The number of epoxide rings is 1. The molecule has 49 heavy (non-hydrogen) atoms. The van der Waals surface area contributed by atoms with Crippen molar-refractivity contribution < 1.29 is 44.2 Å². The average Bonchev–Trinajstić information content (AvgIpc) is 3.81. The summed E-state index contributed by atoms with van der Waals surface area (Å²) in [6, 6.07) is 0.613. The highest BCUT2D eigenvalue weighted by Crippen LogP contribution is 2.37. The Balaban J connectivity index is 1.44. The van der Waals surface area contributed by atoms with Gasteiger partial charge in [0, 0.05) is 50.5 Å². The SMILES string of the molecule is CCC(O)C(C)C1OC1CC(C)(O)/C=C/C=C(\C)C1OC(=O)CC(O)CCC(C)(O)C(OC(=O)N2CCCN(C3CCC3)CC2)/C=C\C1C. The smallest absolute Gasteiger partial charge is 0.410 e. The molecule has 10 unspecified atom stereocenters. The Kier molecular flexibility index (Phi) is 13.9. The van der Waals surface area contributed by atoms with Crippen LogP contribution in [0.1, 0.15) is 99.3 Å². The third-order valence-corrected chi connectivity index (χ3v) is 11.0. The monoisotopic (exact) mass is 690 g/mol. The van der Waals surface area contributed by atoms with Gasteiger partial charge < -0.3 is 39.5 Å². The van der Waals surface area contributed by atoms with Gasteiger partial charge >= 0.3 is 12.1 Å². The normalized spacial score (nSPS) is 35.9. The van der Waals surface area contributed by atoms with Gasteiger partial charge in [0.2, 0.25) is 0 Å². The molecule has 1 saturated carbocycles. The molecule has 4 rings (SSSR count). The van der Waals surface area contributed by atoms with E-state index >= 15 is 0 Å². The standard InChI is InChI=1S/C38H62N2O9/c1-7-30(42)27(4)35-31(47-35)24-37(5,45)17-9-11-25(2)34-26(3)14-15-32(38(6,46)18-16-29(41)23-33(43)49-34)48-36(44)40-20-10-19-39(21-22-40)28-12-8-13-28/h9,11,14-15,17,26-32,34-35,41-42,45-46H,7-8,10,12-13,16,18-24H2,1-6H3/b15-14-,17-9+,25-11+. The highest BCUT2D eigenvalue weighted by Gasteiger charge is 2.47. The Labute approximate surface area is 293 Å². The van der Waals surface area contributed by atoms with E-state index in [4.69, 9.17) is 14.2 Å². The van der Waals surface area contributed by atoms with Crippen LogP contribution in [0.25, 0.3) is 0 Å². The van der Waals surface area contributed by atoms with E-state index in [1.807, 2.05) is 27.7 Å². The molecule has 4 N–H and O–H groups in total. The molecule has 0 aromatic rings. The number of nitrogens with zero attached hydrogens (tertiary/aromatic N) is 2. The summed E-state index contributed by atoms with van der Waals surface area (Å²) in [5.74, 6) is -0.935. The molecule has 0 aromatic carbocycles. The van der Waals surface area contributed by atoms with E-state index in [0.717, 1.165) is 19.5 Å². The van der Waals surface area contributed by atoms with E-state index in [-0.39, 0.29) is 43.3 Å². The van der Waals surface area contributed by atoms with Gasteiger partial charge in [-0.25, -0.2) is 4.79 Å². The minimum absolute atomic E-state index is 0.00975. The van der Waals surface area contributed by atoms with Crippen LogP contribution < -0.4 is 0 Å². The maximum Gasteiger partial charge on any atom is 0.410 e. The average molecular weight is 691 g/mol. The number of hydrogen-bond acceptors (Lipinski definition) is 10. The number of cyclic esters (lactones) is 1. The largest absolute Gasteiger partial charge is 0.457 e. The number of aliphatic hydroxyl groups excluding tert-OH is 2. The number of carbonyl (C=O) groups is 2. The maximum absolute atomic E-state index is 13.4. The Morgan fingerprint density at radius 3 is 2.59 bits per heavy atom. The lowest BCUT2D eigenvalue weighted by molar-refractivity contribution is -0.151. The van der Waals surface area contributed by atoms with Crippen molar-refractivity contribution in [1.82, 2.24) is 9.80 Å². The molecular formula is C38H62N2O9. The van der Waals surface area contributed by atoms with Gasteiger partial charge in [0.05, 0.1) is 36.4 Å². The zero-order valence-corrected chi connectivity index (χ0v) is 30.5. The summed E-state index contributed by atoms with van der Waals surface area (Å²) in [5, 5.41) is 43.4. The van der Waals surface area contributed by atoms with Crippen LogP contribution in [0.3, 0.4) is 0 Å². The van der Waals surface area contributed by atoms with Gasteiger partial charge in [0.25, 0.3) is 0 Å². The van der Waals surface area contributed by atoms with Gasteiger partial charge in [-0.2, -0.15) is 0 Å². The van der Waals surface area contributed by atoms with Crippen molar-refractivity contribution >= 4 is 12.1 Å². The van der Waals surface area contributed by atoms with E-state index in [2.05, 4.69) is 4.90 Å². The number of hydrogen-bond donors (Lipinski definition) is 4. The summed E-state index contributed by atoms with van der Waals surface area (Å²) >= 11 is 0. The lowest BCUT2D eigenvalue weighted by Crippen LogP contribution is -2.46. The fourth-order valence-electron chi connectivity index (χ4n) is 7.22. The number of rotatable bonds is 10. The summed E-state index contributed by atoms with van der Waals surface area (Å²) in [7, 11) is 0. The third kappa shape index (κ3) is 11.4. The van der Waals surface area contributed by atoms with Crippen LogP contribution in [0.15, 0.2) is 36.0 Å². The van der Waals surface area contributed by atoms with Crippen LogP contribution in [-0.2, 0) is 19.0 Å². The van der Waals surface area contributed by atoms with Crippen LogP contribution in [0.4, 0.5) is 4.79 Å². The molecule has 278 valence electrons. The fraction of sp³-hybridized carbons (Fsp3) is 0.789. The highest BCUT2D eigenvalue weighted by molar-refractivity contribution is 5.70. The van der Waals surface area contributed by atoms with Crippen LogP contribution in [0.5, 0.6) is 0 Å². The maximum atomic E-state index is 13.4. The summed E-state index contributed by atoms with van der Waals surface area (Å²) in [4.78, 5) is 30.5. The molecule has 0 spiro atoms. The van der Waals surface area contributed by atoms with E-state index in [1.54, 1.807) is 49.1 Å². The Morgan fingerprint density at radius 1 is 1.18 bits per heavy atom. The van der Waals surface area contributed by atoms with Crippen LogP contribution >= 0.6 is 0 Å². The molecule has 3 heterocycles. The number of esters is 1. The number of aliphatic hydroxyl groups is 4. The molecule has 3 aliphatic heterocycles. The van der Waals surface area contributed by atoms with Crippen LogP contribution in [0, 0.1) is 11.8 Å². The molecule has 4 aliphatic rings. The van der Waals surface area contributed by atoms with Crippen LogP contribution in [-0.4, -0.2) is 122 Å². The zero-order chi connectivity index (χ0) is 35.9. The second-order valence-electron chi connectivity index (χ2n) is 15.5. The molecular weight excluding hydrogens is 628 g/mol. The minimum Gasteiger partial charge on any atom is -0.457 e. The molecule has 0 radical (unpaired) electrons. The minimum atomic E-state index is -1.48. The second-order valence-corrected chi connectivity index (χ2v) is 15.5. The molecule has 0 bridgehead atoms. The van der Waals surface area contributed by atoms with E-state index in [0.29, 0.717) is 37.5 Å². The topological polar surface area (TPSA) is 153 Å². The summed E-state index contributed by atoms with van der Waals surface area (Å²) in [6.45, 7) is 13.8. The number of ether oxygens (including phenoxy) is 3. The van der Waals surface area contributed by atoms with Crippen LogP contribution in [0.2, 0.25) is 0 Å². The van der Waals surface area contributed by atoms with Crippen molar-refractivity contribution in [3.63, 3.8) is 0 Å². The van der Waals surface area contributed by atoms with Crippen molar-refractivity contribution in [1.29, 1.82) is 0 Å². The third-order valence-electron chi connectivity index (χ3n) is 11.0. The van der Waals surface area contributed by atoms with Crippen molar-refractivity contribution in [2.45, 2.75) is 153 Å². The molecule has 0 aromatic heterocycles. The number of allylic oxidation sites excluding steroid dienone is 2. The highest BCUT2D eigenvalue weighted by atomic mass is 16.6. The predicted molar refractivity (Wildman–Crippen MR) is 187 cm³/mol. The van der Waals surface area contributed by atoms with E-state index < -0.39 is 47.7 Å². The predicted octanol–water partition coefficient (Wildman–Crippen LogP) is 4.27. The molecule has 3 fully saturated rings. The first kappa shape index (κ1) is 39.5. The number of amides is 1. The Bertz CT molecular complexity index is 1200. The molecule has 11 heteroatoms. The lowest BCUT2D eigenvalue weighted by atomic mass is 9.88. The van der Waals surface area contributed by atoms with Gasteiger partial charge in [-0.3, -0.25) is 9.69 Å². The van der Waals surface area contributed by atoms with Gasteiger partial charge in [-0.1, -0.05) is 51.5 Å². The lowest BCUT2D eigenvalue weighted by Gasteiger charge is -2.37. The zero-order valence-electron chi connectivity index (χ0n) is 30.5. The van der Waals surface area contributed by atoms with E-state index in [1.165, 1.54) is 19.3 Å². The van der Waals surface area contributed by atoms with Gasteiger partial charge in [0.1, 0.15) is 11.7 Å². The molecule has 10 atom stereocenters. The second kappa shape index (κ2) is 17.3. The van der Waals surface area contributed by atoms with Gasteiger partial charge in [-0.15, -0.1) is 0 Å². The first-order chi connectivity index (χ1) is 23.1. The first-order valence-electron chi connectivity index (χ1n) is 18.5. The number of carbonyl (C=O) groups excluding carboxylic acids is 2. The first-order valence-corrected chi connectivity index (χ1v) is 18.5. The quantitative estimate of drug-likeness (QED) is 0.113. The van der Waals surface area contributed by atoms with Crippen molar-refractivity contribution in [2.24, 2.45) is 11.8 Å². The summed E-state index contributed by atoms with van der Waals surface area (Å²) < 4.78 is 17.6. The van der Waals surface area contributed by atoms with Crippen molar-refractivity contribution in [3.8, 4) is 0 Å². The molecule has 1 aliphatic carbocycles. The summed E-state index contributed by atoms with van der Waals surface area (Å²) in [5.41, 5.74) is -1.92. The van der Waals surface area contributed by atoms with Crippen molar-refractivity contribution in [3.05, 3.63) is 36.0 Å². The van der Waals surface area contributed by atoms with E-state index in [9.17, 15) is 30.0 Å². The fourth-order valence-corrected chi connectivity index (χ4v) is 7.22. The van der Waals surface area contributed by atoms with Gasteiger partial charge in [-0.05, 0) is 70.9 Å². The van der Waals surface area contributed by atoms with Gasteiger partial charge in [0.15, 0.2) is 6.10 Å². The Hall–Kier alpha value is -2.28. The molecule has 2 saturated heterocycles. The molecule has 1 amide bonds. The van der Waals surface area contributed by atoms with Crippen molar-refractivity contribution in [2.75, 3.05) is 26.2 Å². The molecule has 11 nitrogen and oxygen atoms in total.